The minimum atomic E-state index is -0.912. The van der Waals surface area contributed by atoms with Gasteiger partial charge in [0.2, 0.25) is 0 Å². The van der Waals surface area contributed by atoms with Gasteiger partial charge in [-0.25, -0.2) is 4.68 Å². The number of carboxylic acid groups (broad SMARTS) is 1. The van der Waals surface area contributed by atoms with Gasteiger partial charge in [0.25, 0.3) is 0 Å². The molecule has 1 saturated carbocycles. The molecule has 6 nitrogen and oxygen atoms in total. The number of tetrazole rings is 1. The fraction of sp³-hybridized carbons (Fsp3) is 0.778. The Morgan fingerprint density at radius 3 is 2.80 bits per heavy atom. The van der Waals surface area contributed by atoms with E-state index in [0.717, 1.165) is 25.7 Å². The Bertz CT molecular complexity index is 368. The Labute approximate surface area is 87.3 Å². The highest BCUT2D eigenvalue weighted by Crippen LogP contribution is 2.39. The van der Waals surface area contributed by atoms with Crippen LogP contribution < -0.4 is 0 Å². The average molecular weight is 210 g/mol. The van der Waals surface area contributed by atoms with E-state index in [-0.39, 0.29) is 12.0 Å². The summed E-state index contributed by atoms with van der Waals surface area (Å²) in [7, 11) is 0. The molecule has 0 unspecified atom stereocenters. The molecule has 0 bridgehead atoms. The maximum Gasteiger partial charge on any atom is 0.325 e. The van der Waals surface area contributed by atoms with Gasteiger partial charge in [-0.1, -0.05) is 19.8 Å². The van der Waals surface area contributed by atoms with Crippen molar-refractivity contribution in [2.24, 2.45) is 0 Å². The van der Waals surface area contributed by atoms with Crippen molar-refractivity contribution in [1.29, 1.82) is 0 Å². The Hall–Kier alpha value is -1.46. The summed E-state index contributed by atoms with van der Waals surface area (Å²) < 4.78 is 1.40. The first-order valence-electron chi connectivity index (χ1n) is 5.10. The Morgan fingerprint density at radius 2 is 2.20 bits per heavy atom. The van der Waals surface area contributed by atoms with E-state index in [1.807, 2.05) is 0 Å². The van der Waals surface area contributed by atoms with Gasteiger partial charge in [-0.2, -0.15) is 0 Å². The molecule has 1 heterocycles. The van der Waals surface area contributed by atoms with Crippen LogP contribution >= 0.6 is 0 Å². The molecular weight excluding hydrogens is 196 g/mol. The van der Waals surface area contributed by atoms with Crippen molar-refractivity contribution in [2.45, 2.75) is 44.6 Å². The Kier molecular flexibility index (Phi) is 2.42. The fourth-order valence-corrected chi connectivity index (χ4v) is 2.25. The highest BCUT2D eigenvalue weighted by molar-refractivity contribution is 5.66. The minimum Gasteiger partial charge on any atom is -0.480 e. The van der Waals surface area contributed by atoms with E-state index >= 15 is 0 Å². The van der Waals surface area contributed by atoms with E-state index < -0.39 is 5.97 Å². The second kappa shape index (κ2) is 3.60. The number of hydrogen-bond donors (Lipinski definition) is 1. The molecule has 2 rings (SSSR count). The van der Waals surface area contributed by atoms with Gasteiger partial charge in [0.05, 0.1) is 0 Å². The number of carbonyl (C=O) groups is 1. The molecule has 1 aromatic heterocycles. The summed E-state index contributed by atoms with van der Waals surface area (Å²) in [6, 6.07) is 0. The van der Waals surface area contributed by atoms with E-state index in [1.54, 1.807) is 0 Å². The molecule has 0 aromatic carbocycles. The van der Waals surface area contributed by atoms with Crippen LogP contribution in [-0.4, -0.2) is 31.3 Å². The van der Waals surface area contributed by atoms with Crippen molar-refractivity contribution in [3.63, 3.8) is 0 Å². The molecule has 1 aliphatic rings. The quantitative estimate of drug-likeness (QED) is 0.789. The zero-order valence-electron chi connectivity index (χ0n) is 8.68. The number of carboxylic acids is 1. The molecule has 1 aliphatic carbocycles. The van der Waals surface area contributed by atoms with Crippen molar-refractivity contribution in [3.8, 4) is 0 Å². The molecule has 1 fully saturated rings. The standard InChI is InChI=1S/C9H14N4O2/c1-9(4-2-3-5-9)8-10-11-12-13(8)6-7(14)15/h2-6H2,1H3,(H,14,15). The number of nitrogens with zero attached hydrogens (tertiary/aromatic N) is 4. The van der Waals surface area contributed by atoms with Crippen LogP contribution in [0.2, 0.25) is 0 Å². The molecule has 1 aromatic rings. The number of aliphatic carboxylic acids is 1. The summed E-state index contributed by atoms with van der Waals surface area (Å²) in [4.78, 5) is 10.6. The molecule has 1 N–H and O–H groups in total. The molecule has 0 atom stereocenters. The third-order valence-corrected chi connectivity index (χ3v) is 3.06. The van der Waals surface area contributed by atoms with E-state index in [4.69, 9.17) is 5.11 Å². The maximum absolute atomic E-state index is 10.6. The molecule has 0 radical (unpaired) electrons. The lowest BCUT2D eigenvalue weighted by atomic mass is 9.88. The van der Waals surface area contributed by atoms with Gasteiger partial charge in [-0.15, -0.1) is 5.10 Å². The molecule has 0 saturated heterocycles. The molecule has 0 amide bonds. The lowest BCUT2D eigenvalue weighted by molar-refractivity contribution is -0.138. The van der Waals surface area contributed by atoms with Crippen molar-refractivity contribution in [3.05, 3.63) is 5.82 Å². The summed E-state index contributed by atoms with van der Waals surface area (Å²) in [5.41, 5.74) is -0.0427. The predicted octanol–water partition coefficient (Wildman–Crippen LogP) is 0.589. The van der Waals surface area contributed by atoms with Crippen LogP contribution in [0.1, 0.15) is 38.4 Å². The van der Waals surface area contributed by atoms with Crippen LogP contribution in [-0.2, 0) is 16.8 Å². The van der Waals surface area contributed by atoms with Crippen LogP contribution in [0.15, 0.2) is 0 Å². The lowest BCUT2D eigenvalue weighted by Gasteiger charge is -2.21. The van der Waals surface area contributed by atoms with Crippen LogP contribution in [0.4, 0.5) is 0 Å². The van der Waals surface area contributed by atoms with Crippen LogP contribution in [0.3, 0.4) is 0 Å². The lowest BCUT2D eigenvalue weighted by Crippen LogP contribution is -2.25. The number of hydrogen-bond acceptors (Lipinski definition) is 4. The van der Waals surface area contributed by atoms with Gasteiger partial charge in [-0.05, 0) is 23.3 Å². The van der Waals surface area contributed by atoms with Crippen LogP contribution in [0, 0.1) is 0 Å². The molecule has 0 spiro atoms. The van der Waals surface area contributed by atoms with Gasteiger partial charge < -0.3 is 5.11 Å². The Balaban J connectivity index is 2.27. The zero-order chi connectivity index (χ0) is 10.9. The molecule has 6 heteroatoms. The normalized spacial score (nSPS) is 19.3. The minimum absolute atomic E-state index is 0.0427. The van der Waals surface area contributed by atoms with Crippen molar-refractivity contribution < 1.29 is 9.90 Å². The third kappa shape index (κ3) is 1.84. The zero-order valence-corrected chi connectivity index (χ0v) is 8.68. The highest BCUT2D eigenvalue weighted by atomic mass is 16.4. The summed E-state index contributed by atoms with van der Waals surface area (Å²) in [6.07, 6.45) is 4.40. The van der Waals surface area contributed by atoms with E-state index in [9.17, 15) is 4.79 Å². The van der Waals surface area contributed by atoms with Crippen molar-refractivity contribution >= 4 is 5.97 Å². The second-order valence-corrected chi connectivity index (χ2v) is 4.32. The van der Waals surface area contributed by atoms with Crippen LogP contribution in [0.5, 0.6) is 0 Å². The first-order chi connectivity index (χ1) is 7.12. The summed E-state index contributed by atoms with van der Waals surface area (Å²) >= 11 is 0. The monoisotopic (exact) mass is 210 g/mol. The van der Waals surface area contributed by atoms with Gasteiger partial charge in [0, 0.05) is 5.41 Å². The highest BCUT2D eigenvalue weighted by Gasteiger charge is 2.35. The summed E-state index contributed by atoms with van der Waals surface area (Å²) in [5.74, 6) is -0.201. The van der Waals surface area contributed by atoms with Gasteiger partial charge in [-0.3, -0.25) is 4.79 Å². The smallest absolute Gasteiger partial charge is 0.325 e. The van der Waals surface area contributed by atoms with Crippen molar-refractivity contribution in [2.75, 3.05) is 0 Å². The SMILES string of the molecule is CC1(c2nnnn2CC(=O)O)CCCC1. The number of aromatic nitrogens is 4. The molecule has 15 heavy (non-hydrogen) atoms. The summed E-state index contributed by atoms with van der Waals surface area (Å²) in [6.45, 7) is 1.95. The first-order valence-corrected chi connectivity index (χ1v) is 5.10. The second-order valence-electron chi connectivity index (χ2n) is 4.32. The third-order valence-electron chi connectivity index (χ3n) is 3.06. The molecule has 82 valence electrons. The topological polar surface area (TPSA) is 80.9 Å². The first kappa shape index (κ1) is 10.1. The van der Waals surface area contributed by atoms with Gasteiger partial charge in [0.1, 0.15) is 6.54 Å². The van der Waals surface area contributed by atoms with Crippen molar-refractivity contribution in [1.82, 2.24) is 20.2 Å². The van der Waals surface area contributed by atoms with Crippen LogP contribution in [0.25, 0.3) is 0 Å². The largest absolute Gasteiger partial charge is 0.480 e. The molecular formula is C9H14N4O2. The van der Waals surface area contributed by atoms with E-state index in [2.05, 4.69) is 22.4 Å². The van der Waals surface area contributed by atoms with E-state index in [1.165, 1.54) is 4.68 Å². The number of rotatable bonds is 3. The average Bonchev–Trinajstić information content (AvgIpc) is 2.73. The predicted molar refractivity (Wildman–Crippen MR) is 51.3 cm³/mol. The Morgan fingerprint density at radius 1 is 1.53 bits per heavy atom. The molecule has 0 aliphatic heterocycles. The van der Waals surface area contributed by atoms with Gasteiger partial charge in [0.15, 0.2) is 5.82 Å². The van der Waals surface area contributed by atoms with Gasteiger partial charge >= 0.3 is 5.97 Å². The fourth-order valence-electron chi connectivity index (χ4n) is 2.25. The van der Waals surface area contributed by atoms with E-state index in [0.29, 0.717) is 5.82 Å². The maximum atomic E-state index is 10.6. The summed E-state index contributed by atoms with van der Waals surface area (Å²) in [5, 5.41) is 20.0.